The number of carboxylic acid groups (broad SMARTS) is 1. The van der Waals surface area contributed by atoms with E-state index in [1.165, 1.54) is 35.9 Å². The summed E-state index contributed by atoms with van der Waals surface area (Å²) in [6.07, 6.45) is 4.52. The van der Waals surface area contributed by atoms with Crippen molar-refractivity contribution in [3.8, 4) is 45.3 Å². The molecule has 280 valence electrons. The summed E-state index contributed by atoms with van der Waals surface area (Å²) in [4.78, 5) is 17.0. The highest BCUT2D eigenvalue weighted by Crippen LogP contribution is 2.47. The molecule has 0 fully saturated rings. The largest absolute Gasteiger partial charge is 0.485 e. The Balaban J connectivity index is 1.18. The van der Waals surface area contributed by atoms with Crippen LogP contribution in [0.25, 0.3) is 44.0 Å². The van der Waals surface area contributed by atoms with Gasteiger partial charge in [0, 0.05) is 34.6 Å². The lowest BCUT2D eigenvalue weighted by molar-refractivity contribution is -0.130. The normalized spacial score (nSPS) is 11.4. The van der Waals surface area contributed by atoms with E-state index in [9.17, 15) is 18.7 Å². The predicted octanol–water partition coefficient (Wildman–Crippen LogP) is 12.5. The zero-order valence-electron chi connectivity index (χ0n) is 30.3. The second kappa shape index (κ2) is 16.7. The van der Waals surface area contributed by atoms with E-state index in [0.717, 1.165) is 45.5 Å². The van der Waals surface area contributed by atoms with Crippen molar-refractivity contribution in [3.63, 3.8) is 0 Å². The highest BCUT2D eigenvalue weighted by molar-refractivity contribution is 7.20. The van der Waals surface area contributed by atoms with Crippen LogP contribution >= 0.6 is 11.3 Å². The highest BCUT2D eigenvalue weighted by Gasteiger charge is 2.21. The number of aliphatic carboxylic acids is 1. The number of halogens is 2. The van der Waals surface area contributed by atoms with Crippen LogP contribution in [0, 0.1) is 11.6 Å². The van der Waals surface area contributed by atoms with E-state index in [2.05, 4.69) is 41.4 Å². The van der Waals surface area contributed by atoms with Gasteiger partial charge in [-0.2, -0.15) is 0 Å². The Bertz CT molecular complexity index is 2680. The lowest BCUT2D eigenvalue weighted by Gasteiger charge is -2.15. The van der Waals surface area contributed by atoms with E-state index in [0.29, 0.717) is 32.0 Å². The highest BCUT2D eigenvalue weighted by atomic mass is 32.1. The van der Waals surface area contributed by atoms with Gasteiger partial charge in [0.25, 0.3) is 0 Å². The first-order valence-electron chi connectivity index (χ1n) is 18.0. The van der Waals surface area contributed by atoms with Crippen molar-refractivity contribution < 1.29 is 32.9 Å². The number of aromatic nitrogens is 1. The van der Waals surface area contributed by atoms with Crippen LogP contribution in [0.3, 0.4) is 0 Å². The fraction of sp³-hybridized carbons (Fsp3) is 0.0417. The van der Waals surface area contributed by atoms with Crippen molar-refractivity contribution in [2.45, 2.75) is 13.2 Å². The molecule has 1 N–H and O–H groups in total. The predicted molar refractivity (Wildman–Crippen MR) is 220 cm³/mol. The third kappa shape index (κ3) is 8.59. The molecule has 2 heterocycles. The molecule has 0 aliphatic rings. The zero-order valence-corrected chi connectivity index (χ0v) is 31.1. The fourth-order valence-electron chi connectivity index (χ4n) is 6.29. The molecule has 2 aromatic heterocycles. The molecule has 0 amide bonds. The van der Waals surface area contributed by atoms with Gasteiger partial charge in [0.2, 0.25) is 0 Å². The van der Waals surface area contributed by atoms with E-state index in [1.54, 1.807) is 18.2 Å². The van der Waals surface area contributed by atoms with Crippen molar-refractivity contribution in [2.75, 3.05) is 0 Å². The molecule has 0 aliphatic heterocycles. The number of hydrogen-bond donors (Lipinski definition) is 1. The standard InChI is InChI=1S/C48H33F2NO5S/c49-41-20-19-38(25-42(41)50)56-47-40-26-43(54-29-31-11-15-35(16-12-31)33-7-3-1-4-8-33)44(55-30-32-13-17-36(18-14-32)34-9-5-2-6-10-34)28-45(40)57-46(47)27-39(48(52)53)37-21-23-51-24-22-37/h1-28H,29-30H2,(H,52,53)/b39-27+. The van der Waals surface area contributed by atoms with E-state index in [1.807, 2.05) is 78.9 Å². The number of rotatable bonds is 13. The minimum absolute atomic E-state index is 0.00932. The maximum absolute atomic E-state index is 14.4. The van der Waals surface area contributed by atoms with Gasteiger partial charge in [-0.3, -0.25) is 4.98 Å². The maximum atomic E-state index is 14.4. The molecule has 0 spiro atoms. The minimum atomic E-state index is -1.16. The van der Waals surface area contributed by atoms with Crippen molar-refractivity contribution >= 4 is 39.0 Å². The molecule has 6 aromatic carbocycles. The number of ether oxygens (including phenoxy) is 3. The topological polar surface area (TPSA) is 77.9 Å². The van der Waals surface area contributed by atoms with Crippen LogP contribution in [0.5, 0.6) is 23.0 Å². The second-order valence-corrected chi connectivity index (χ2v) is 14.2. The first-order valence-corrected chi connectivity index (χ1v) is 18.8. The summed E-state index contributed by atoms with van der Waals surface area (Å²) in [6.45, 7) is 0.453. The zero-order chi connectivity index (χ0) is 39.1. The van der Waals surface area contributed by atoms with Crippen molar-refractivity contribution in [1.82, 2.24) is 4.98 Å². The van der Waals surface area contributed by atoms with Crippen molar-refractivity contribution in [3.05, 3.63) is 197 Å². The van der Waals surface area contributed by atoms with Crippen LogP contribution in [0.1, 0.15) is 21.6 Å². The Morgan fingerprint density at radius 2 is 1.18 bits per heavy atom. The van der Waals surface area contributed by atoms with Crippen LogP contribution in [0.4, 0.5) is 8.78 Å². The monoisotopic (exact) mass is 773 g/mol. The maximum Gasteiger partial charge on any atom is 0.336 e. The SMILES string of the molecule is O=C(O)/C(=C/c1sc2cc(OCc3ccc(-c4ccccc4)cc3)c(OCc3ccc(-c4ccccc4)cc3)cc2c1Oc1ccc(F)c(F)c1)c1ccncc1. The number of benzene rings is 6. The lowest BCUT2D eigenvalue weighted by atomic mass is 10.0. The van der Waals surface area contributed by atoms with Crippen LogP contribution < -0.4 is 14.2 Å². The van der Waals surface area contributed by atoms with Gasteiger partial charge in [0.15, 0.2) is 28.9 Å². The van der Waals surface area contributed by atoms with Gasteiger partial charge in [-0.25, -0.2) is 13.6 Å². The molecule has 8 aromatic rings. The Morgan fingerprint density at radius 3 is 1.72 bits per heavy atom. The molecule has 0 saturated carbocycles. The molecule has 6 nitrogen and oxygen atoms in total. The Morgan fingerprint density at radius 1 is 0.632 bits per heavy atom. The number of pyridine rings is 1. The molecule has 9 heteroatoms. The van der Waals surface area contributed by atoms with Crippen molar-refractivity contribution in [2.24, 2.45) is 0 Å². The summed E-state index contributed by atoms with van der Waals surface area (Å²) in [6, 6.07) is 46.5. The van der Waals surface area contributed by atoms with Gasteiger partial charge in [0.05, 0.1) is 10.5 Å². The first kappa shape index (κ1) is 36.9. The summed E-state index contributed by atoms with van der Waals surface area (Å²) >= 11 is 1.27. The summed E-state index contributed by atoms with van der Waals surface area (Å²) in [5.74, 6) is -2.12. The average molecular weight is 774 g/mol. The summed E-state index contributed by atoms with van der Waals surface area (Å²) in [5, 5.41) is 10.8. The smallest absolute Gasteiger partial charge is 0.336 e. The second-order valence-electron chi connectivity index (χ2n) is 13.1. The Kier molecular flexibility index (Phi) is 10.8. The summed E-state index contributed by atoms with van der Waals surface area (Å²) in [7, 11) is 0. The molecule has 0 radical (unpaired) electrons. The molecule has 57 heavy (non-hydrogen) atoms. The van der Waals surface area contributed by atoms with Gasteiger partial charge < -0.3 is 19.3 Å². The Labute approximate surface area is 331 Å². The van der Waals surface area contributed by atoms with Crippen LogP contribution in [-0.2, 0) is 18.0 Å². The van der Waals surface area contributed by atoms with Gasteiger partial charge in [0.1, 0.15) is 19.0 Å². The number of nitrogens with zero attached hydrogens (tertiary/aromatic N) is 1. The van der Waals surface area contributed by atoms with Gasteiger partial charge in [-0.15, -0.1) is 11.3 Å². The quantitative estimate of drug-likeness (QED) is 0.118. The summed E-state index contributed by atoms with van der Waals surface area (Å²) < 4.78 is 48.2. The minimum Gasteiger partial charge on any atom is -0.485 e. The van der Waals surface area contributed by atoms with E-state index >= 15 is 0 Å². The molecular formula is C48H33F2NO5S. The van der Waals surface area contributed by atoms with Gasteiger partial charge in [-0.1, -0.05) is 109 Å². The molecule has 0 unspecified atom stereocenters. The number of carbonyl (C=O) groups is 1. The third-order valence-corrected chi connectivity index (χ3v) is 10.3. The number of carboxylic acids is 1. The van der Waals surface area contributed by atoms with E-state index in [4.69, 9.17) is 14.2 Å². The first-order chi connectivity index (χ1) is 27.9. The van der Waals surface area contributed by atoms with Gasteiger partial charge in [-0.05, 0) is 75.4 Å². The number of thiophene rings is 1. The third-order valence-electron chi connectivity index (χ3n) is 9.25. The molecule has 0 aliphatic carbocycles. The average Bonchev–Trinajstić information content (AvgIpc) is 3.58. The molecule has 0 atom stereocenters. The fourth-order valence-corrected chi connectivity index (χ4v) is 7.37. The van der Waals surface area contributed by atoms with E-state index < -0.39 is 17.6 Å². The van der Waals surface area contributed by atoms with Crippen LogP contribution in [0.2, 0.25) is 0 Å². The van der Waals surface area contributed by atoms with Crippen LogP contribution in [0.15, 0.2) is 164 Å². The number of hydrogen-bond acceptors (Lipinski definition) is 6. The lowest BCUT2D eigenvalue weighted by Crippen LogP contribution is -2.01. The molecule has 8 rings (SSSR count). The summed E-state index contributed by atoms with van der Waals surface area (Å²) in [5.41, 5.74) is 6.67. The molecule has 0 saturated heterocycles. The molecular weight excluding hydrogens is 741 g/mol. The Hall–Kier alpha value is -7.10. The molecule has 0 bridgehead atoms. The van der Waals surface area contributed by atoms with E-state index in [-0.39, 0.29) is 30.3 Å². The number of fused-ring (bicyclic) bond motifs is 1. The van der Waals surface area contributed by atoms with Crippen LogP contribution in [-0.4, -0.2) is 16.1 Å². The van der Waals surface area contributed by atoms with Gasteiger partial charge >= 0.3 is 5.97 Å². The van der Waals surface area contributed by atoms with Crippen molar-refractivity contribution in [1.29, 1.82) is 0 Å².